The topological polar surface area (TPSA) is 46.4 Å². The number of aromatic nitrogens is 2. The largest absolute Gasteiger partial charge is 0.353 e. The molecule has 0 spiro atoms. The molecule has 0 fully saturated rings. The fraction of sp³-hybridized carbons (Fsp3) is 0.294. The molecule has 0 saturated heterocycles. The Morgan fingerprint density at radius 1 is 1.39 bits per heavy atom. The van der Waals surface area contributed by atoms with Crippen LogP contribution in [0.4, 0.5) is 4.39 Å². The van der Waals surface area contributed by atoms with Crippen LogP contribution in [-0.2, 0) is 11.2 Å². The predicted molar refractivity (Wildman–Crippen MR) is 90.1 cm³/mol. The van der Waals surface area contributed by atoms with Gasteiger partial charge in [-0.1, -0.05) is 6.92 Å². The molecule has 0 aliphatic heterocycles. The van der Waals surface area contributed by atoms with Crippen LogP contribution in [-0.4, -0.2) is 21.3 Å². The first-order valence-corrected chi connectivity index (χ1v) is 8.45. The van der Waals surface area contributed by atoms with Gasteiger partial charge in [-0.05, 0) is 37.6 Å². The molecule has 1 N–H and O–H groups in total. The number of nitrogens with one attached hydrogen (secondary N) is 1. The SMILES string of the molecule is CC[C@@H](C)NC(=O)Cc1csc2nc(-c3ccc(F)cc3)cn12. The lowest BCUT2D eigenvalue weighted by Gasteiger charge is -2.10. The molecular formula is C17H18FN3OS. The third kappa shape index (κ3) is 3.42. The van der Waals surface area contributed by atoms with E-state index < -0.39 is 0 Å². The van der Waals surface area contributed by atoms with Gasteiger partial charge in [0.2, 0.25) is 5.91 Å². The van der Waals surface area contributed by atoms with Crippen LogP contribution < -0.4 is 5.32 Å². The van der Waals surface area contributed by atoms with Gasteiger partial charge in [0.05, 0.1) is 12.1 Å². The van der Waals surface area contributed by atoms with E-state index in [0.29, 0.717) is 6.42 Å². The summed E-state index contributed by atoms with van der Waals surface area (Å²) in [5.74, 6) is -0.256. The first-order chi connectivity index (χ1) is 11.1. The number of hydrogen-bond acceptors (Lipinski definition) is 3. The minimum Gasteiger partial charge on any atom is -0.353 e. The molecule has 0 saturated carbocycles. The molecule has 1 aromatic carbocycles. The van der Waals surface area contributed by atoms with E-state index in [9.17, 15) is 9.18 Å². The van der Waals surface area contributed by atoms with E-state index in [4.69, 9.17) is 0 Å². The maximum Gasteiger partial charge on any atom is 0.226 e. The van der Waals surface area contributed by atoms with Gasteiger partial charge >= 0.3 is 0 Å². The van der Waals surface area contributed by atoms with Gasteiger partial charge in [0.25, 0.3) is 0 Å². The number of halogens is 1. The van der Waals surface area contributed by atoms with Gasteiger partial charge in [0.15, 0.2) is 4.96 Å². The van der Waals surface area contributed by atoms with Crippen LogP contribution in [0.15, 0.2) is 35.8 Å². The minimum atomic E-state index is -0.267. The van der Waals surface area contributed by atoms with Crippen molar-refractivity contribution in [1.29, 1.82) is 0 Å². The van der Waals surface area contributed by atoms with E-state index in [1.165, 1.54) is 23.5 Å². The van der Waals surface area contributed by atoms with Gasteiger partial charge in [-0.3, -0.25) is 9.20 Å². The first-order valence-electron chi connectivity index (χ1n) is 7.57. The number of amides is 1. The van der Waals surface area contributed by atoms with Crippen molar-refractivity contribution < 1.29 is 9.18 Å². The number of benzene rings is 1. The fourth-order valence-corrected chi connectivity index (χ4v) is 3.18. The fourth-order valence-electron chi connectivity index (χ4n) is 2.31. The number of rotatable bonds is 5. The highest BCUT2D eigenvalue weighted by molar-refractivity contribution is 7.15. The molecule has 2 aromatic heterocycles. The zero-order valence-electron chi connectivity index (χ0n) is 13.0. The van der Waals surface area contributed by atoms with Gasteiger partial charge in [-0.2, -0.15) is 0 Å². The maximum atomic E-state index is 13.0. The smallest absolute Gasteiger partial charge is 0.226 e. The van der Waals surface area contributed by atoms with Gasteiger partial charge in [-0.25, -0.2) is 9.37 Å². The van der Waals surface area contributed by atoms with E-state index >= 15 is 0 Å². The number of fused-ring (bicyclic) bond motifs is 1. The normalized spacial score (nSPS) is 12.5. The molecule has 6 heteroatoms. The average molecular weight is 331 g/mol. The molecule has 0 aliphatic carbocycles. The van der Waals surface area contributed by atoms with E-state index in [-0.39, 0.29) is 17.8 Å². The van der Waals surface area contributed by atoms with Crippen molar-refractivity contribution in [3.05, 3.63) is 47.4 Å². The lowest BCUT2D eigenvalue weighted by Crippen LogP contribution is -2.33. The summed E-state index contributed by atoms with van der Waals surface area (Å²) in [6, 6.07) is 6.43. The number of imidazole rings is 1. The van der Waals surface area contributed by atoms with Crippen molar-refractivity contribution >= 4 is 22.2 Å². The molecule has 0 aliphatic rings. The summed E-state index contributed by atoms with van der Waals surface area (Å²) in [6.45, 7) is 4.03. The number of hydrogen-bond donors (Lipinski definition) is 1. The molecule has 0 unspecified atom stereocenters. The first kappa shape index (κ1) is 15.7. The summed E-state index contributed by atoms with van der Waals surface area (Å²) >= 11 is 1.50. The number of nitrogens with zero attached hydrogens (tertiary/aromatic N) is 2. The second kappa shape index (κ2) is 6.50. The third-order valence-electron chi connectivity index (χ3n) is 3.78. The van der Waals surface area contributed by atoms with E-state index in [1.807, 2.05) is 29.8 Å². The summed E-state index contributed by atoms with van der Waals surface area (Å²) in [6.07, 6.45) is 3.12. The molecular weight excluding hydrogens is 313 g/mol. The quantitative estimate of drug-likeness (QED) is 0.775. The molecule has 1 atom stereocenters. The lowest BCUT2D eigenvalue weighted by atomic mass is 10.2. The van der Waals surface area contributed by atoms with Gasteiger partial charge < -0.3 is 5.32 Å². The monoisotopic (exact) mass is 331 g/mol. The van der Waals surface area contributed by atoms with Crippen LogP contribution in [0.25, 0.3) is 16.2 Å². The molecule has 0 bridgehead atoms. The highest BCUT2D eigenvalue weighted by atomic mass is 32.1. The summed E-state index contributed by atoms with van der Waals surface area (Å²) in [4.78, 5) is 17.4. The molecule has 120 valence electrons. The second-order valence-electron chi connectivity index (χ2n) is 5.57. The van der Waals surface area contributed by atoms with E-state index in [0.717, 1.165) is 28.3 Å². The van der Waals surface area contributed by atoms with Gasteiger partial charge in [0.1, 0.15) is 5.82 Å². The zero-order valence-corrected chi connectivity index (χ0v) is 13.9. The van der Waals surface area contributed by atoms with E-state index in [1.54, 1.807) is 12.1 Å². The van der Waals surface area contributed by atoms with Gasteiger partial charge in [-0.15, -0.1) is 11.3 Å². The number of carbonyl (C=O) groups excluding carboxylic acids is 1. The van der Waals surface area contributed by atoms with Crippen LogP contribution in [0, 0.1) is 5.82 Å². The highest BCUT2D eigenvalue weighted by Gasteiger charge is 2.13. The Balaban J connectivity index is 1.83. The molecule has 3 rings (SSSR count). The zero-order chi connectivity index (χ0) is 16.4. The van der Waals surface area contributed by atoms with E-state index in [2.05, 4.69) is 10.3 Å². The molecule has 4 nitrogen and oxygen atoms in total. The highest BCUT2D eigenvalue weighted by Crippen LogP contribution is 2.24. The van der Waals surface area contributed by atoms with Crippen molar-refractivity contribution in [3.63, 3.8) is 0 Å². The van der Waals surface area contributed by atoms with Crippen molar-refractivity contribution in [3.8, 4) is 11.3 Å². The molecule has 3 aromatic rings. The second-order valence-corrected chi connectivity index (χ2v) is 6.40. The van der Waals surface area contributed by atoms with Crippen molar-refractivity contribution in [2.24, 2.45) is 0 Å². The summed E-state index contributed by atoms with van der Waals surface area (Å²) in [5.41, 5.74) is 2.55. The van der Waals surface area contributed by atoms with Crippen LogP contribution in [0.1, 0.15) is 26.0 Å². The number of carbonyl (C=O) groups is 1. The third-order valence-corrected chi connectivity index (χ3v) is 4.67. The Bertz CT molecular complexity index is 822. The van der Waals surface area contributed by atoms with Crippen LogP contribution in [0.3, 0.4) is 0 Å². The van der Waals surface area contributed by atoms with Crippen molar-refractivity contribution in [2.75, 3.05) is 0 Å². The maximum absolute atomic E-state index is 13.0. The number of thiazole rings is 1. The Morgan fingerprint density at radius 3 is 2.83 bits per heavy atom. The lowest BCUT2D eigenvalue weighted by molar-refractivity contribution is -0.121. The predicted octanol–water partition coefficient (Wildman–Crippen LogP) is 3.66. The summed E-state index contributed by atoms with van der Waals surface area (Å²) < 4.78 is 14.9. The summed E-state index contributed by atoms with van der Waals surface area (Å²) in [7, 11) is 0. The molecule has 0 radical (unpaired) electrons. The van der Waals surface area contributed by atoms with Crippen LogP contribution in [0.2, 0.25) is 0 Å². The minimum absolute atomic E-state index is 0.0103. The Hall–Kier alpha value is -2.21. The van der Waals surface area contributed by atoms with Crippen LogP contribution in [0.5, 0.6) is 0 Å². The van der Waals surface area contributed by atoms with Crippen LogP contribution >= 0.6 is 11.3 Å². The Morgan fingerprint density at radius 2 is 2.13 bits per heavy atom. The standard InChI is InChI=1S/C17H18FN3OS/c1-3-11(2)19-16(22)8-14-10-23-17-20-15(9-21(14)17)12-4-6-13(18)7-5-12/h4-7,9-11H,3,8H2,1-2H3,(H,19,22)/t11-/m1/s1. The molecule has 1 amide bonds. The Kier molecular flexibility index (Phi) is 4.43. The van der Waals surface area contributed by atoms with Crippen molar-refractivity contribution in [1.82, 2.24) is 14.7 Å². The molecule has 2 heterocycles. The molecule has 23 heavy (non-hydrogen) atoms. The van der Waals surface area contributed by atoms with Crippen molar-refractivity contribution in [2.45, 2.75) is 32.7 Å². The van der Waals surface area contributed by atoms with Gasteiger partial charge in [0, 0.05) is 28.9 Å². The average Bonchev–Trinajstić information content (AvgIpc) is 3.10. The summed E-state index contributed by atoms with van der Waals surface area (Å²) in [5, 5.41) is 4.92. The Labute approximate surface area is 138 Å².